The van der Waals surface area contributed by atoms with Gasteiger partial charge in [0, 0.05) is 57.6 Å². The third-order valence-corrected chi connectivity index (χ3v) is 3.32. The lowest BCUT2D eigenvalue weighted by Crippen LogP contribution is -2.48. The van der Waals surface area contributed by atoms with Gasteiger partial charge in [0.05, 0.1) is 6.10 Å². The van der Waals surface area contributed by atoms with Gasteiger partial charge in [-0.25, -0.2) is 0 Å². The number of carbonyl (C=O) groups is 1. The number of hydrogen-bond acceptors (Lipinski definition) is 4. The fraction of sp³-hybridized carbons (Fsp3) is 0.538. The number of aromatic nitrogens is 1. The molecule has 1 atom stereocenters. The molecule has 0 spiro atoms. The maximum Gasteiger partial charge on any atom is 0.219 e. The standard InChI is InChI=1S/C13H19N3O2/c1-11(17)16-7-5-15(6-8-16)10-13(18)12-3-2-4-14-9-12/h2-4,9,13,18H,5-8,10H2,1H3. The molecule has 1 saturated heterocycles. The van der Waals surface area contributed by atoms with Gasteiger partial charge in [0.2, 0.25) is 5.91 Å². The summed E-state index contributed by atoms with van der Waals surface area (Å²) in [5.74, 6) is 0.127. The van der Waals surface area contributed by atoms with Crippen molar-refractivity contribution in [1.29, 1.82) is 0 Å². The van der Waals surface area contributed by atoms with E-state index in [2.05, 4.69) is 9.88 Å². The average molecular weight is 249 g/mol. The molecule has 0 aromatic carbocycles. The number of piperazine rings is 1. The number of rotatable bonds is 3. The lowest BCUT2D eigenvalue weighted by molar-refractivity contribution is -0.130. The number of nitrogens with zero attached hydrogens (tertiary/aromatic N) is 3. The van der Waals surface area contributed by atoms with Gasteiger partial charge in [-0.2, -0.15) is 0 Å². The van der Waals surface area contributed by atoms with Crippen molar-refractivity contribution in [2.75, 3.05) is 32.7 Å². The zero-order chi connectivity index (χ0) is 13.0. The Morgan fingerprint density at radius 3 is 2.72 bits per heavy atom. The first-order valence-electron chi connectivity index (χ1n) is 6.22. The van der Waals surface area contributed by atoms with Gasteiger partial charge in [0.15, 0.2) is 0 Å². The Morgan fingerprint density at radius 2 is 2.17 bits per heavy atom. The molecule has 1 fully saturated rings. The number of pyridine rings is 1. The van der Waals surface area contributed by atoms with Crippen LogP contribution < -0.4 is 0 Å². The summed E-state index contributed by atoms with van der Waals surface area (Å²) in [6, 6.07) is 3.70. The smallest absolute Gasteiger partial charge is 0.219 e. The molecule has 1 aliphatic rings. The van der Waals surface area contributed by atoms with Gasteiger partial charge in [0.25, 0.3) is 0 Å². The summed E-state index contributed by atoms with van der Waals surface area (Å²) in [5.41, 5.74) is 0.839. The lowest BCUT2D eigenvalue weighted by Gasteiger charge is -2.35. The summed E-state index contributed by atoms with van der Waals surface area (Å²) in [5, 5.41) is 10.1. The second kappa shape index (κ2) is 5.93. The molecule has 2 heterocycles. The first kappa shape index (κ1) is 13.0. The van der Waals surface area contributed by atoms with Gasteiger partial charge in [-0.15, -0.1) is 0 Å². The molecule has 1 aromatic rings. The van der Waals surface area contributed by atoms with Gasteiger partial charge in [-0.3, -0.25) is 14.7 Å². The van der Waals surface area contributed by atoms with Crippen molar-refractivity contribution in [2.45, 2.75) is 13.0 Å². The Bertz CT molecular complexity index is 388. The maximum atomic E-state index is 11.2. The molecular formula is C13H19N3O2. The molecule has 0 saturated carbocycles. The fourth-order valence-corrected chi connectivity index (χ4v) is 2.17. The van der Waals surface area contributed by atoms with Crippen molar-refractivity contribution in [3.05, 3.63) is 30.1 Å². The Hall–Kier alpha value is -1.46. The summed E-state index contributed by atoms with van der Waals surface area (Å²) < 4.78 is 0. The van der Waals surface area contributed by atoms with Crippen LogP contribution in [-0.4, -0.2) is 58.5 Å². The lowest BCUT2D eigenvalue weighted by atomic mass is 10.1. The minimum atomic E-state index is -0.512. The molecule has 0 bridgehead atoms. The highest BCUT2D eigenvalue weighted by Crippen LogP contribution is 2.13. The highest BCUT2D eigenvalue weighted by Gasteiger charge is 2.20. The Morgan fingerprint density at radius 1 is 1.44 bits per heavy atom. The first-order chi connectivity index (χ1) is 8.66. The first-order valence-corrected chi connectivity index (χ1v) is 6.22. The number of aliphatic hydroxyl groups is 1. The van der Waals surface area contributed by atoms with Crippen molar-refractivity contribution in [1.82, 2.24) is 14.8 Å². The van der Waals surface area contributed by atoms with Crippen LogP contribution in [0.5, 0.6) is 0 Å². The highest BCUT2D eigenvalue weighted by molar-refractivity contribution is 5.73. The third-order valence-electron chi connectivity index (χ3n) is 3.32. The van der Waals surface area contributed by atoms with Gasteiger partial charge < -0.3 is 10.0 Å². The highest BCUT2D eigenvalue weighted by atomic mass is 16.3. The maximum absolute atomic E-state index is 11.2. The van der Waals surface area contributed by atoms with E-state index in [0.717, 1.165) is 31.7 Å². The van der Waals surface area contributed by atoms with Crippen molar-refractivity contribution < 1.29 is 9.90 Å². The zero-order valence-corrected chi connectivity index (χ0v) is 10.6. The molecular weight excluding hydrogens is 230 g/mol. The summed E-state index contributed by atoms with van der Waals surface area (Å²) in [7, 11) is 0. The van der Waals surface area contributed by atoms with Crippen LogP contribution in [0, 0.1) is 0 Å². The Balaban J connectivity index is 1.83. The molecule has 5 nitrogen and oxygen atoms in total. The van der Waals surface area contributed by atoms with Crippen LogP contribution in [0.25, 0.3) is 0 Å². The second-order valence-corrected chi connectivity index (χ2v) is 4.61. The summed E-state index contributed by atoms with van der Waals surface area (Å²) in [6.45, 7) is 5.32. The molecule has 1 unspecified atom stereocenters. The largest absolute Gasteiger partial charge is 0.387 e. The van der Waals surface area contributed by atoms with Gasteiger partial charge >= 0.3 is 0 Å². The monoisotopic (exact) mass is 249 g/mol. The van der Waals surface area contributed by atoms with Crippen LogP contribution >= 0.6 is 0 Å². The molecule has 1 aliphatic heterocycles. The molecule has 1 aromatic heterocycles. The molecule has 0 aliphatic carbocycles. The average Bonchev–Trinajstić information content (AvgIpc) is 2.40. The van der Waals surface area contributed by atoms with Crippen LogP contribution in [0.2, 0.25) is 0 Å². The number of amides is 1. The van der Waals surface area contributed by atoms with E-state index in [4.69, 9.17) is 0 Å². The molecule has 98 valence electrons. The van der Waals surface area contributed by atoms with E-state index >= 15 is 0 Å². The normalized spacial score (nSPS) is 18.7. The van der Waals surface area contributed by atoms with E-state index in [-0.39, 0.29) is 5.91 Å². The van der Waals surface area contributed by atoms with Gasteiger partial charge in [-0.05, 0) is 6.07 Å². The number of hydrogen-bond donors (Lipinski definition) is 1. The van der Waals surface area contributed by atoms with Crippen LogP contribution in [-0.2, 0) is 4.79 Å². The fourth-order valence-electron chi connectivity index (χ4n) is 2.17. The van der Waals surface area contributed by atoms with Crippen molar-refractivity contribution in [3.63, 3.8) is 0 Å². The van der Waals surface area contributed by atoms with Crippen molar-refractivity contribution in [2.24, 2.45) is 0 Å². The molecule has 18 heavy (non-hydrogen) atoms. The van der Waals surface area contributed by atoms with Gasteiger partial charge in [-0.1, -0.05) is 6.07 Å². The molecule has 0 radical (unpaired) electrons. The van der Waals surface area contributed by atoms with Crippen molar-refractivity contribution in [3.8, 4) is 0 Å². The quantitative estimate of drug-likeness (QED) is 0.836. The van der Waals surface area contributed by atoms with E-state index in [1.165, 1.54) is 0 Å². The van der Waals surface area contributed by atoms with Crippen LogP contribution in [0.15, 0.2) is 24.5 Å². The van der Waals surface area contributed by atoms with Crippen LogP contribution in [0.1, 0.15) is 18.6 Å². The SMILES string of the molecule is CC(=O)N1CCN(CC(O)c2cccnc2)CC1. The minimum absolute atomic E-state index is 0.127. The predicted octanol–water partition coefficient (Wildman–Crippen LogP) is 0.279. The topological polar surface area (TPSA) is 56.7 Å². The summed E-state index contributed by atoms with van der Waals surface area (Å²) in [6.07, 6.45) is 2.88. The Kier molecular flexibility index (Phi) is 4.28. The second-order valence-electron chi connectivity index (χ2n) is 4.61. The van der Waals surface area contributed by atoms with E-state index in [0.29, 0.717) is 6.54 Å². The molecule has 2 rings (SSSR count). The predicted molar refractivity (Wildman–Crippen MR) is 67.9 cm³/mol. The Labute approximate surface area is 107 Å². The zero-order valence-electron chi connectivity index (χ0n) is 10.6. The van der Waals surface area contributed by atoms with Crippen LogP contribution in [0.4, 0.5) is 0 Å². The number of β-amino-alcohol motifs (C(OH)–C–C–N with tert-alkyl or cyclic N) is 1. The molecule has 5 heteroatoms. The number of carbonyl (C=O) groups excluding carboxylic acids is 1. The third kappa shape index (κ3) is 3.27. The van der Waals surface area contributed by atoms with E-state index in [9.17, 15) is 9.90 Å². The molecule has 1 amide bonds. The minimum Gasteiger partial charge on any atom is -0.387 e. The summed E-state index contributed by atoms with van der Waals surface area (Å²) >= 11 is 0. The molecule has 1 N–H and O–H groups in total. The van der Waals surface area contributed by atoms with E-state index < -0.39 is 6.10 Å². The van der Waals surface area contributed by atoms with Crippen LogP contribution in [0.3, 0.4) is 0 Å². The number of aliphatic hydroxyl groups excluding tert-OH is 1. The van der Waals surface area contributed by atoms with Crippen molar-refractivity contribution >= 4 is 5.91 Å². The van der Waals surface area contributed by atoms with E-state index in [1.54, 1.807) is 19.3 Å². The summed E-state index contributed by atoms with van der Waals surface area (Å²) in [4.78, 5) is 19.2. The van der Waals surface area contributed by atoms with E-state index in [1.807, 2.05) is 17.0 Å². The van der Waals surface area contributed by atoms with Gasteiger partial charge in [0.1, 0.15) is 0 Å².